The number of carbonyl (C=O) groups is 1. The van der Waals surface area contributed by atoms with E-state index in [9.17, 15) is 14.9 Å². The number of aromatic nitrogens is 1. The van der Waals surface area contributed by atoms with Gasteiger partial charge in [0, 0.05) is 17.8 Å². The average molecular weight is 279 g/mol. The number of esters is 1. The molecule has 0 aromatic carbocycles. The molecule has 0 amide bonds. The highest BCUT2D eigenvalue weighted by atomic mass is 16.6. The minimum absolute atomic E-state index is 0.0233. The van der Waals surface area contributed by atoms with Crippen molar-refractivity contribution in [2.24, 2.45) is 5.92 Å². The van der Waals surface area contributed by atoms with Gasteiger partial charge in [0.25, 0.3) is 0 Å². The summed E-state index contributed by atoms with van der Waals surface area (Å²) in [6.07, 6.45) is 4.65. The average Bonchev–Trinajstić information content (AvgIpc) is 2.47. The molecule has 1 saturated carbocycles. The SMILES string of the molecule is COC(=O)[C@H]1CC[C@@H](Nc2ccnc([N+](=O)[O-])c2)CC1. The van der Waals surface area contributed by atoms with Gasteiger partial charge in [-0.25, -0.2) is 0 Å². The van der Waals surface area contributed by atoms with E-state index in [1.165, 1.54) is 19.4 Å². The Kier molecular flexibility index (Phi) is 4.49. The van der Waals surface area contributed by atoms with Crippen molar-refractivity contribution in [2.75, 3.05) is 12.4 Å². The molecule has 1 N–H and O–H groups in total. The van der Waals surface area contributed by atoms with E-state index in [1.54, 1.807) is 6.07 Å². The molecule has 108 valence electrons. The summed E-state index contributed by atoms with van der Waals surface area (Å²) in [5, 5.41) is 13.9. The van der Waals surface area contributed by atoms with Crippen LogP contribution < -0.4 is 5.32 Å². The number of methoxy groups -OCH3 is 1. The smallest absolute Gasteiger partial charge is 0.365 e. The fourth-order valence-electron chi connectivity index (χ4n) is 2.48. The number of rotatable bonds is 4. The zero-order valence-corrected chi connectivity index (χ0v) is 11.2. The molecule has 1 aliphatic carbocycles. The minimum Gasteiger partial charge on any atom is -0.469 e. The van der Waals surface area contributed by atoms with Gasteiger partial charge in [-0.05, 0) is 35.6 Å². The number of anilines is 1. The fraction of sp³-hybridized carbons (Fsp3) is 0.538. The van der Waals surface area contributed by atoms with Crippen LogP contribution in [0.15, 0.2) is 18.3 Å². The quantitative estimate of drug-likeness (QED) is 0.515. The number of carbonyl (C=O) groups excluding carboxylic acids is 1. The maximum Gasteiger partial charge on any atom is 0.365 e. The third-order valence-electron chi connectivity index (χ3n) is 3.57. The second-order valence-electron chi connectivity index (χ2n) is 4.88. The van der Waals surface area contributed by atoms with E-state index < -0.39 is 4.92 Å². The van der Waals surface area contributed by atoms with E-state index in [4.69, 9.17) is 4.74 Å². The third kappa shape index (κ3) is 3.43. The van der Waals surface area contributed by atoms with Gasteiger partial charge >= 0.3 is 11.8 Å². The molecule has 0 bridgehead atoms. The second kappa shape index (κ2) is 6.31. The van der Waals surface area contributed by atoms with Crippen molar-refractivity contribution in [3.63, 3.8) is 0 Å². The molecular formula is C13H17N3O4. The van der Waals surface area contributed by atoms with Crippen LogP contribution in [0.1, 0.15) is 25.7 Å². The van der Waals surface area contributed by atoms with Gasteiger partial charge in [0.2, 0.25) is 0 Å². The fourth-order valence-corrected chi connectivity index (χ4v) is 2.48. The molecule has 1 fully saturated rings. The van der Waals surface area contributed by atoms with Crippen molar-refractivity contribution in [1.29, 1.82) is 0 Å². The summed E-state index contributed by atoms with van der Waals surface area (Å²) < 4.78 is 4.74. The predicted molar refractivity (Wildman–Crippen MR) is 72.3 cm³/mol. The molecule has 0 radical (unpaired) electrons. The van der Waals surface area contributed by atoms with E-state index in [-0.39, 0.29) is 23.7 Å². The Morgan fingerprint density at radius 2 is 2.15 bits per heavy atom. The summed E-state index contributed by atoms with van der Waals surface area (Å²) in [5.74, 6) is -0.342. The van der Waals surface area contributed by atoms with Gasteiger partial charge in [-0.15, -0.1) is 0 Å². The number of ether oxygens (including phenoxy) is 1. The molecule has 0 unspecified atom stereocenters. The van der Waals surface area contributed by atoms with Crippen molar-refractivity contribution in [3.05, 3.63) is 28.4 Å². The van der Waals surface area contributed by atoms with Gasteiger partial charge in [-0.1, -0.05) is 0 Å². The Bertz CT molecular complexity index is 498. The van der Waals surface area contributed by atoms with Gasteiger partial charge in [0.05, 0.1) is 19.1 Å². The monoisotopic (exact) mass is 279 g/mol. The van der Waals surface area contributed by atoms with Crippen LogP contribution in [-0.4, -0.2) is 29.0 Å². The summed E-state index contributed by atoms with van der Waals surface area (Å²) in [5.41, 5.74) is 0.688. The van der Waals surface area contributed by atoms with Gasteiger partial charge < -0.3 is 20.2 Å². The number of nitro groups is 1. The van der Waals surface area contributed by atoms with Crippen LogP contribution in [0, 0.1) is 16.0 Å². The lowest BCUT2D eigenvalue weighted by molar-refractivity contribution is -0.389. The van der Waals surface area contributed by atoms with Crippen molar-refractivity contribution in [3.8, 4) is 0 Å². The standard InChI is InChI=1S/C13H17N3O4/c1-20-13(17)9-2-4-10(5-3-9)15-11-6-7-14-12(8-11)16(18)19/h6-10H,2-5H2,1H3,(H,14,15)/t9-,10+. The van der Waals surface area contributed by atoms with Crippen molar-refractivity contribution in [1.82, 2.24) is 4.98 Å². The topological polar surface area (TPSA) is 94.4 Å². The number of hydrogen-bond acceptors (Lipinski definition) is 6. The molecule has 1 heterocycles. The molecule has 0 aliphatic heterocycles. The second-order valence-corrected chi connectivity index (χ2v) is 4.88. The molecule has 0 saturated heterocycles. The molecule has 2 rings (SSSR count). The van der Waals surface area contributed by atoms with E-state index in [1.807, 2.05) is 0 Å². The van der Waals surface area contributed by atoms with Gasteiger partial charge in [0.1, 0.15) is 6.20 Å². The van der Waals surface area contributed by atoms with Gasteiger partial charge in [-0.2, -0.15) is 0 Å². The highest BCUT2D eigenvalue weighted by Crippen LogP contribution is 2.27. The minimum atomic E-state index is -0.515. The molecule has 7 nitrogen and oxygen atoms in total. The molecule has 0 spiro atoms. The molecule has 20 heavy (non-hydrogen) atoms. The van der Waals surface area contributed by atoms with Crippen molar-refractivity contribution >= 4 is 17.5 Å². The third-order valence-corrected chi connectivity index (χ3v) is 3.57. The number of hydrogen-bond donors (Lipinski definition) is 1. The van der Waals surface area contributed by atoms with Crippen LogP contribution in [0.4, 0.5) is 11.5 Å². The van der Waals surface area contributed by atoms with Gasteiger partial charge in [0.15, 0.2) is 0 Å². The normalized spacial score (nSPS) is 22.1. The Balaban J connectivity index is 1.91. The first-order chi connectivity index (χ1) is 9.60. The first kappa shape index (κ1) is 14.2. The first-order valence-corrected chi connectivity index (χ1v) is 6.55. The Hall–Kier alpha value is -2.18. The van der Waals surface area contributed by atoms with Crippen LogP contribution in [0.3, 0.4) is 0 Å². The van der Waals surface area contributed by atoms with Crippen LogP contribution in [0.25, 0.3) is 0 Å². The largest absolute Gasteiger partial charge is 0.469 e. The maximum atomic E-state index is 11.4. The van der Waals surface area contributed by atoms with Crippen LogP contribution in [0.2, 0.25) is 0 Å². The van der Waals surface area contributed by atoms with Crippen molar-refractivity contribution in [2.45, 2.75) is 31.7 Å². The summed E-state index contributed by atoms with van der Waals surface area (Å²) >= 11 is 0. The Morgan fingerprint density at radius 1 is 1.45 bits per heavy atom. The lowest BCUT2D eigenvalue weighted by Gasteiger charge is -2.28. The van der Waals surface area contributed by atoms with Gasteiger partial charge in [-0.3, -0.25) is 4.79 Å². The van der Waals surface area contributed by atoms with Crippen LogP contribution >= 0.6 is 0 Å². The molecular weight excluding hydrogens is 262 g/mol. The molecule has 7 heteroatoms. The molecule has 1 aromatic heterocycles. The predicted octanol–water partition coefficient (Wildman–Crippen LogP) is 2.13. The Labute approximate surface area is 116 Å². The summed E-state index contributed by atoms with van der Waals surface area (Å²) in [6.45, 7) is 0. The van der Waals surface area contributed by atoms with Crippen LogP contribution in [0.5, 0.6) is 0 Å². The Morgan fingerprint density at radius 3 is 2.75 bits per heavy atom. The van der Waals surface area contributed by atoms with Crippen molar-refractivity contribution < 1.29 is 14.5 Å². The molecule has 1 aliphatic rings. The lowest BCUT2D eigenvalue weighted by atomic mass is 9.86. The number of pyridine rings is 1. The zero-order valence-electron chi connectivity index (χ0n) is 11.2. The van der Waals surface area contributed by atoms with E-state index in [0.717, 1.165) is 25.7 Å². The summed E-state index contributed by atoms with van der Waals surface area (Å²) in [7, 11) is 1.41. The van der Waals surface area contributed by atoms with E-state index >= 15 is 0 Å². The lowest BCUT2D eigenvalue weighted by Crippen LogP contribution is -2.29. The highest BCUT2D eigenvalue weighted by Gasteiger charge is 2.26. The van der Waals surface area contributed by atoms with E-state index in [0.29, 0.717) is 5.69 Å². The van der Waals surface area contributed by atoms with Crippen LogP contribution in [-0.2, 0) is 9.53 Å². The maximum absolute atomic E-state index is 11.4. The number of nitrogens with zero attached hydrogens (tertiary/aromatic N) is 2. The first-order valence-electron chi connectivity index (χ1n) is 6.55. The zero-order chi connectivity index (χ0) is 14.5. The highest BCUT2D eigenvalue weighted by molar-refractivity contribution is 5.72. The molecule has 1 aromatic rings. The molecule has 0 atom stereocenters. The summed E-state index contributed by atoms with van der Waals surface area (Å²) in [4.78, 5) is 25.2. The number of nitrogens with one attached hydrogen (secondary N) is 1. The van der Waals surface area contributed by atoms with E-state index in [2.05, 4.69) is 10.3 Å². The summed E-state index contributed by atoms with van der Waals surface area (Å²) in [6, 6.07) is 3.35.